The van der Waals surface area contributed by atoms with Gasteiger partial charge in [0.15, 0.2) is 11.3 Å². The average molecular weight is 369 g/mol. The zero-order valence-electron chi connectivity index (χ0n) is 9.81. The van der Waals surface area contributed by atoms with Crippen LogP contribution in [0.4, 0.5) is 0 Å². The lowest BCUT2D eigenvalue weighted by atomic mass is 10.1. The minimum Gasteiger partial charge on any atom is -0.506 e. The third-order valence-corrected chi connectivity index (χ3v) is 4.03. The van der Waals surface area contributed by atoms with E-state index in [0.717, 1.165) is 0 Å². The maximum Gasteiger partial charge on any atom is 0.353 e. The second-order valence-electron chi connectivity index (χ2n) is 4.14. The van der Waals surface area contributed by atoms with Crippen molar-refractivity contribution >= 4 is 44.5 Å². The summed E-state index contributed by atoms with van der Waals surface area (Å²) in [5.41, 5.74) is -0.276. The van der Waals surface area contributed by atoms with Crippen LogP contribution in [0.15, 0.2) is 38.3 Å². The number of aryl methyl sites for hydroxylation is 1. The number of halogens is 1. The maximum absolute atomic E-state index is 12.3. The van der Waals surface area contributed by atoms with E-state index in [1.807, 2.05) is 0 Å². The first-order chi connectivity index (χ1) is 9.02. The first kappa shape index (κ1) is 12.2. The smallest absolute Gasteiger partial charge is 0.353 e. The number of aromatic nitrogens is 1. The quantitative estimate of drug-likeness (QED) is 0.486. The first-order valence-corrected chi connectivity index (χ1v) is 6.53. The van der Waals surface area contributed by atoms with Crippen molar-refractivity contribution < 1.29 is 9.52 Å². The second-order valence-corrected chi connectivity index (χ2v) is 5.22. The van der Waals surface area contributed by atoms with Crippen molar-refractivity contribution in [2.24, 2.45) is 7.05 Å². The van der Waals surface area contributed by atoms with Crippen LogP contribution >= 0.6 is 22.6 Å². The second kappa shape index (κ2) is 4.09. The number of aromatic hydroxyl groups is 1. The topological polar surface area (TPSA) is 72.4 Å². The van der Waals surface area contributed by atoms with Gasteiger partial charge in [-0.1, -0.05) is 12.1 Å². The lowest BCUT2D eigenvalue weighted by Crippen LogP contribution is -2.19. The van der Waals surface area contributed by atoms with Gasteiger partial charge in [-0.3, -0.25) is 4.79 Å². The third kappa shape index (κ3) is 1.59. The van der Waals surface area contributed by atoms with Gasteiger partial charge in [0.2, 0.25) is 0 Å². The van der Waals surface area contributed by atoms with E-state index < -0.39 is 11.2 Å². The summed E-state index contributed by atoms with van der Waals surface area (Å²) in [4.78, 5) is 23.9. The van der Waals surface area contributed by atoms with Gasteiger partial charge in [0.25, 0.3) is 5.56 Å². The van der Waals surface area contributed by atoms with Crippen molar-refractivity contribution in [1.29, 1.82) is 0 Å². The number of nitrogens with zero attached hydrogens (tertiary/aromatic N) is 1. The van der Waals surface area contributed by atoms with Crippen molar-refractivity contribution in [3.8, 4) is 5.75 Å². The van der Waals surface area contributed by atoms with Crippen LogP contribution in [0, 0.1) is 3.57 Å². The molecule has 6 heteroatoms. The molecule has 1 aromatic carbocycles. The Morgan fingerprint density at radius 1 is 1.26 bits per heavy atom. The Balaban J connectivity index is 2.79. The van der Waals surface area contributed by atoms with Gasteiger partial charge in [0.1, 0.15) is 8.96 Å². The molecule has 2 heterocycles. The number of hydrogen-bond donors (Lipinski definition) is 1. The molecule has 0 aliphatic rings. The van der Waals surface area contributed by atoms with Gasteiger partial charge < -0.3 is 14.1 Å². The summed E-state index contributed by atoms with van der Waals surface area (Å²) in [6.45, 7) is 0. The Morgan fingerprint density at radius 2 is 1.95 bits per heavy atom. The highest BCUT2D eigenvalue weighted by Gasteiger charge is 2.18. The summed E-state index contributed by atoms with van der Waals surface area (Å²) in [6, 6.07) is 7.07. The van der Waals surface area contributed by atoms with Crippen LogP contribution in [0.25, 0.3) is 21.9 Å². The van der Waals surface area contributed by atoms with Crippen LogP contribution in [0.5, 0.6) is 5.75 Å². The van der Waals surface area contributed by atoms with Crippen molar-refractivity contribution in [2.45, 2.75) is 0 Å². The van der Waals surface area contributed by atoms with Crippen molar-refractivity contribution in [1.82, 2.24) is 4.57 Å². The zero-order chi connectivity index (χ0) is 13.7. The summed E-state index contributed by atoms with van der Waals surface area (Å²) in [7, 11) is 1.61. The molecule has 0 fully saturated rings. The SMILES string of the molecule is Cn1c(=O)c2c(O)c(I)c(=O)oc2c2ccccc21. The highest BCUT2D eigenvalue weighted by Crippen LogP contribution is 2.29. The van der Waals surface area contributed by atoms with E-state index in [9.17, 15) is 14.7 Å². The number of benzene rings is 1. The monoisotopic (exact) mass is 369 g/mol. The molecule has 0 bridgehead atoms. The zero-order valence-corrected chi connectivity index (χ0v) is 12.0. The molecule has 0 saturated heterocycles. The number of para-hydroxylation sites is 1. The molecule has 3 aromatic rings. The van der Waals surface area contributed by atoms with Gasteiger partial charge in [-0.25, -0.2) is 4.79 Å². The molecule has 0 radical (unpaired) electrons. The summed E-state index contributed by atoms with van der Waals surface area (Å²) >= 11 is 1.66. The molecule has 0 saturated carbocycles. The van der Waals surface area contributed by atoms with E-state index in [0.29, 0.717) is 10.9 Å². The fourth-order valence-electron chi connectivity index (χ4n) is 2.13. The van der Waals surface area contributed by atoms with Crippen LogP contribution in [0.3, 0.4) is 0 Å². The molecule has 0 spiro atoms. The lowest BCUT2D eigenvalue weighted by Gasteiger charge is -2.08. The molecule has 96 valence electrons. The molecule has 0 atom stereocenters. The Bertz CT molecular complexity index is 939. The molecular formula is C13H8INO4. The molecule has 19 heavy (non-hydrogen) atoms. The van der Waals surface area contributed by atoms with Crippen molar-refractivity contribution in [3.05, 3.63) is 48.6 Å². The minimum atomic E-state index is -0.649. The van der Waals surface area contributed by atoms with Crippen molar-refractivity contribution in [3.63, 3.8) is 0 Å². The van der Waals surface area contributed by atoms with Gasteiger partial charge in [-0.05, 0) is 34.7 Å². The normalized spacial score (nSPS) is 11.3. The predicted molar refractivity (Wildman–Crippen MR) is 79.6 cm³/mol. The summed E-state index contributed by atoms with van der Waals surface area (Å²) in [5.74, 6) is -0.321. The van der Waals surface area contributed by atoms with Gasteiger partial charge in [0.05, 0.1) is 5.52 Å². The summed E-state index contributed by atoms with van der Waals surface area (Å²) < 4.78 is 6.62. The number of fused-ring (bicyclic) bond motifs is 3. The van der Waals surface area contributed by atoms with Gasteiger partial charge in [-0.2, -0.15) is 0 Å². The molecule has 0 amide bonds. The van der Waals surface area contributed by atoms with Gasteiger partial charge in [-0.15, -0.1) is 0 Å². The van der Waals surface area contributed by atoms with E-state index >= 15 is 0 Å². The van der Waals surface area contributed by atoms with E-state index in [2.05, 4.69) is 0 Å². The van der Waals surface area contributed by atoms with E-state index in [1.54, 1.807) is 53.9 Å². The van der Waals surface area contributed by atoms with E-state index in [1.165, 1.54) is 4.57 Å². The van der Waals surface area contributed by atoms with E-state index in [4.69, 9.17) is 4.42 Å². The number of hydrogen-bond acceptors (Lipinski definition) is 4. The standard InChI is InChI=1S/C13H8INO4/c1-15-7-5-3-2-4-6(7)11-8(12(15)17)10(16)9(14)13(18)19-11/h2-5,16H,1H3. The Hall–Kier alpha value is -1.83. The van der Waals surface area contributed by atoms with Crippen LogP contribution in [-0.4, -0.2) is 9.67 Å². The number of rotatable bonds is 0. The number of pyridine rings is 1. The highest BCUT2D eigenvalue weighted by atomic mass is 127. The Morgan fingerprint density at radius 3 is 2.68 bits per heavy atom. The lowest BCUT2D eigenvalue weighted by molar-refractivity contribution is 0.461. The fraction of sp³-hybridized carbons (Fsp3) is 0.0769. The molecule has 3 rings (SSSR count). The Kier molecular flexibility index (Phi) is 2.63. The molecular weight excluding hydrogens is 361 g/mol. The van der Waals surface area contributed by atoms with Crippen LogP contribution in [0.1, 0.15) is 0 Å². The molecule has 2 aromatic heterocycles. The third-order valence-electron chi connectivity index (χ3n) is 3.07. The fourth-order valence-corrected chi connectivity index (χ4v) is 2.51. The molecule has 0 aliphatic heterocycles. The summed E-state index contributed by atoms with van der Waals surface area (Å²) in [5, 5.41) is 10.7. The summed E-state index contributed by atoms with van der Waals surface area (Å²) in [6.07, 6.45) is 0. The van der Waals surface area contributed by atoms with Crippen LogP contribution < -0.4 is 11.2 Å². The average Bonchev–Trinajstić information content (AvgIpc) is 2.42. The van der Waals surface area contributed by atoms with E-state index in [-0.39, 0.29) is 20.3 Å². The van der Waals surface area contributed by atoms with Crippen LogP contribution in [0.2, 0.25) is 0 Å². The first-order valence-electron chi connectivity index (χ1n) is 5.45. The van der Waals surface area contributed by atoms with Crippen LogP contribution in [-0.2, 0) is 7.05 Å². The van der Waals surface area contributed by atoms with Gasteiger partial charge >= 0.3 is 5.63 Å². The van der Waals surface area contributed by atoms with Gasteiger partial charge in [0, 0.05) is 12.4 Å². The predicted octanol–water partition coefficient (Wildman–Crippen LogP) is 1.96. The largest absolute Gasteiger partial charge is 0.506 e. The minimum absolute atomic E-state index is 0.0116. The Labute approximate surface area is 120 Å². The highest BCUT2D eigenvalue weighted by molar-refractivity contribution is 14.1. The molecule has 0 unspecified atom stereocenters. The van der Waals surface area contributed by atoms with Crippen molar-refractivity contribution in [2.75, 3.05) is 0 Å². The molecule has 5 nitrogen and oxygen atoms in total. The molecule has 1 N–H and O–H groups in total. The maximum atomic E-state index is 12.3. The molecule has 0 aliphatic carbocycles.